The zero-order valence-electron chi connectivity index (χ0n) is 15.7. The van der Waals surface area contributed by atoms with Crippen molar-refractivity contribution in [1.29, 1.82) is 0 Å². The molecule has 0 bridgehead atoms. The number of imide groups is 1. The van der Waals surface area contributed by atoms with E-state index in [1.165, 1.54) is 16.2 Å². The lowest BCUT2D eigenvalue weighted by Crippen LogP contribution is -2.54. The fraction of sp³-hybridized carbons (Fsp3) is 0.500. The molecule has 1 atom stereocenters. The number of urea groups is 1. The molecule has 4 heterocycles. The summed E-state index contributed by atoms with van der Waals surface area (Å²) >= 11 is 1.53. The summed E-state index contributed by atoms with van der Waals surface area (Å²) in [6.45, 7) is 4.71. The van der Waals surface area contributed by atoms with Crippen LogP contribution in [0.3, 0.4) is 0 Å². The van der Waals surface area contributed by atoms with E-state index < -0.39 is 5.54 Å². The van der Waals surface area contributed by atoms with Crippen molar-refractivity contribution in [1.82, 2.24) is 25.4 Å². The molecular formula is C18H21N5O4S. The third-order valence-electron chi connectivity index (χ3n) is 5.68. The van der Waals surface area contributed by atoms with Gasteiger partial charge in [0.25, 0.3) is 11.8 Å². The van der Waals surface area contributed by atoms with Crippen LogP contribution in [0.4, 0.5) is 4.79 Å². The first-order valence-electron chi connectivity index (χ1n) is 9.14. The Labute approximate surface area is 165 Å². The van der Waals surface area contributed by atoms with Gasteiger partial charge in [-0.05, 0) is 60.2 Å². The fourth-order valence-electron chi connectivity index (χ4n) is 3.94. The van der Waals surface area contributed by atoms with Crippen LogP contribution >= 0.6 is 11.3 Å². The molecule has 2 fully saturated rings. The highest BCUT2D eigenvalue weighted by Crippen LogP contribution is 2.34. The van der Waals surface area contributed by atoms with Gasteiger partial charge in [0.1, 0.15) is 11.2 Å². The Balaban J connectivity index is 1.42. The van der Waals surface area contributed by atoms with Gasteiger partial charge in [0.05, 0.1) is 6.54 Å². The van der Waals surface area contributed by atoms with Crippen molar-refractivity contribution in [2.75, 3.05) is 13.1 Å². The van der Waals surface area contributed by atoms with E-state index in [1.807, 2.05) is 16.8 Å². The summed E-state index contributed by atoms with van der Waals surface area (Å²) in [4.78, 5) is 41.0. The van der Waals surface area contributed by atoms with Crippen LogP contribution in [0, 0.1) is 12.8 Å². The number of aromatic nitrogens is 2. The molecule has 4 amide bonds. The number of hydrogen-bond acceptors (Lipinski definition) is 7. The Morgan fingerprint density at radius 2 is 2.11 bits per heavy atom. The second-order valence-electron chi connectivity index (χ2n) is 7.42. The summed E-state index contributed by atoms with van der Waals surface area (Å²) in [5.41, 5.74) is 0.668. The van der Waals surface area contributed by atoms with Crippen LogP contribution in [-0.4, -0.2) is 56.6 Å². The van der Waals surface area contributed by atoms with E-state index in [0.717, 1.165) is 5.56 Å². The highest BCUT2D eigenvalue weighted by molar-refractivity contribution is 7.07. The average Bonchev–Trinajstić information content (AvgIpc) is 3.40. The quantitative estimate of drug-likeness (QED) is 0.780. The van der Waals surface area contributed by atoms with Gasteiger partial charge in [-0.15, -0.1) is 0 Å². The lowest BCUT2D eigenvalue weighted by molar-refractivity contribution is -0.133. The number of nitrogens with zero attached hydrogens (tertiary/aromatic N) is 4. The molecule has 0 spiro atoms. The van der Waals surface area contributed by atoms with Crippen LogP contribution in [0.1, 0.15) is 41.5 Å². The number of thiophene rings is 1. The molecule has 0 aromatic carbocycles. The third-order valence-corrected chi connectivity index (χ3v) is 6.41. The van der Waals surface area contributed by atoms with Gasteiger partial charge in [-0.25, -0.2) is 9.42 Å². The zero-order chi connectivity index (χ0) is 19.9. The largest absolute Gasteiger partial charge is 0.337 e. The Hall–Kier alpha value is -2.75. The normalized spacial score (nSPS) is 23.4. The van der Waals surface area contributed by atoms with Crippen molar-refractivity contribution >= 4 is 29.2 Å². The first-order valence-corrected chi connectivity index (χ1v) is 10.1. The molecule has 28 heavy (non-hydrogen) atoms. The number of rotatable bonds is 4. The smallest absolute Gasteiger partial charge is 0.325 e. The van der Waals surface area contributed by atoms with Gasteiger partial charge in [0.2, 0.25) is 0 Å². The average molecular weight is 403 g/mol. The molecular weight excluding hydrogens is 382 g/mol. The second-order valence-corrected chi connectivity index (χ2v) is 8.20. The Bertz CT molecular complexity index is 903. The standard InChI is InChI=1S/C18H21N5O4S/c1-11-14(21-27-20-11)15(24)22-6-3-13(4-7-22)18(2)16(25)23(17(26)19-18)9-12-5-8-28-10-12/h5,8,10,13H,3-4,6-7,9H2,1-2H3,(H,19,26). The molecule has 2 aromatic heterocycles. The highest BCUT2D eigenvalue weighted by Gasteiger charge is 2.53. The summed E-state index contributed by atoms with van der Waals surface area (Å²) < 4.78 is 4.61. The summed E-state index contributed by atoms with van der Waals surface area (Å²) in [5, 5.41) is 14.1. The summed E-state index contributed by atoms with van der Waals surface area (Å²) in [6, 6.07) is 1.55. The van der Waals surface area contributed by atoms with E-state index in [2.05, 4.69) is 20.3 Å². The maximum Gasteiger partial charge on any atom is 0.325 e. The minimum atomic E-state index is -0.951. The third kappa shape index (κ3) is 3.07. The van der Waals surface area contributed by atoms with E-state index >= 15 is 0 Å². The predicted molar refractivity (Wildman–Crippen MR) is 99.5 cm³/mol. The predicted octanol–water partition coefficient (Wildman–Crippen LogP) is 1.80. The molecule has 10 heteroatoms. The molecule has 1 unspecified atom stereocenters. The molecule has 0 radical (unpaired) electrons. The van der Waals surface area contributed by atoms with Crippen LogP contribution < -0.4 is 5.32 Å². The number of carbonyl (C=O) groups excluding carboxylic acids is 3. The maximum absolute atomic E-state index is 13.0. The molecule has 1 N–H and O–H groups in total. The first-order chi connectivity index (χ1) is 13.4. The minimum absolute atomic E-state index is 0.0444. The lowest BCUT2D eigenvalue weighted by Gasteiger charge is -2.38. The van der Waals surface area contributed by atoms with Gasteiger partial charge in [0, 0.05) is 13.1 Å². The maximum atomic E-state index is 13.0. The number of hydrogen-bond donors (Lipinski definition) is 1. The van der Waals surface area contributed by atoms with E-state index in [4.69, 9.17) is 0 Å². The molecule has 2 aromatic rings. The van der Waals surface area contributed by atoms with Crippen molar-refractivity contribution in [3.05, 3.63) is 33.8 Å². The molecule has 0 saturated carbocycles. The van der Waals surface area contributed by atoms with Gasteiger partial charge in [-0.2, -0.15) is 11.3 Å². The molecule has 0 aliphatic carbocycles. The van der Waals surface area contributed by atoms with E-state index in [9.17, 15) is 14.4 Å². The number of nitrogens with one attached hydrogen (secondary N) is 1. The van der Waals surface area contributed by atoms with Crippen LogP contribution in [0.5, 0.6) is 0 Å². The summed E-state index contributed by atoms with van der Waals surface area (Å²) in [6.07, 6.45) is 1.23. The zero-order valence-corrected chi connectivity index (χ0v) is 16.5. The SMILES string of the molecule is Cc1nonc1C(=O)N1CCC(C2(C)NC(=O)N(Cc3ccsc3)C2=O)CC1. The van der Waals surface area contributed by atoms with Crippen molar-refractivity contribution in [2.24, 2.45) is 5.92 Å². The van der Waals surface area contributed by atoms with E-state index in [0.29, 0.717) is 31.6 Å². The van der Waals surface area contributed by atoms with Crippen molar-refractivity contribution in [2.45, 2.75) is 38.8 Å². The number of carbonyl (C=O) groups is 3. The Kier molecular flexibility index (Phi) is 4.66. The number of amides is 4. The molecule has 4 rings (SSSR count). The topological polar surface area (TPSA) is 109 Å². The first kappa shape index (κ1) is 18.6. The molecule has 148 valence electrons. The van der Waals surface area contributed by atoms with Gasteiger partial charge in [0.15, 0.2) is 5.69 Å². The van der Waals surface area contributed by atoms with Gasteiger partial charge in [-0.1, -0.05) is 5.16 Å². The van der Waals surface area contributed by atoms with Crippen molar-refractivity contribution < 1.29 is 19.0 Å². The summed E-state index contributed by atoms with van der Waals surface area (Å²) in [7, 11) is 0. The van der Waals surface area contributed by atoms with Gasteiger partial charge < -0.3 is 10.2 Å². The number of piperidine rings is 1. The van der Waals surface area contributed by atoms with Crippen LogP contribution in [0.15, 0.2) is 21.5 Å². The highest BCUT2D eigenvalue weighted by atomic mass is 32.1. The van der Waals surface area contributed by atoms with Crippen LogP contribution in [-0.2, 0) is 11.3 Å². The monoisotopic (exact) mass is 403 g/mol. The van der Waals surface area contributed by atoms with E-state index in [-0.39, 0.29) is 36.0 Å². The molecule has 2 aliphatic rings. The van der Waals surface area contributed by atoms with Crippen LogP contribution in [0.25, 0.3) is 0 Å². The minimum Gasteiger partial charge on any atom is -0.337 e. The van der Waals surface area contributed by atoms with Crippen molar-refractivity contribution in [3.63, 3.8) is 0 Å². The lowest BCUT2D eigenvalue weighted by atomic mass is 9.79. The molecule has 2 saturated heterocycles. The number of aryl methyl sites for hydroxylation is 1. The fourth-order valence-corrected chi connectivity index (χ4v) is 4.60. The molecule has 9 nitrogen and oxygen atoms in total. The van der Waals surface area contributed by atoms with Gasteiger partial charge >= 0.3 is 6.03 Å². The van der Waals surface area contributed by atoms with E-state index in [1.54, 1.807) is 18.7 Å². The Morgan fingerprint density at radius 1 is 1.36 bits per heavy atom. The van der Waals surface area contributed by atoms with Gasteiger partial charge in [-0.3, -0.25) is 14.5 Å². The Morgan fingerprint density at radius 3 is 2.71 bits per heavy atom. The second kappa shape index (κ2) is 7.01. The summed E-state index contributed by atoms with van der Waals surface area (Å²) in [5.74, 6) is -0.467. The number of likely N-dealkylation sites (tertiary alicyclic amines) is 1. The van der Waals surface area contributed by atoms with Crippen LogP contribution in [0.2, 0.25) is 0 Å². The molecule has 2 aliphatic heterocycles. The van der Waals surface area contributed by atoms with Crippen molar-refractivity contribution in [3.8, 4) is 0 Å².